The number of carbonyl (C=O) groups is 3. The van der Waals surface area contributed by atoms with Gasteiger partial charge in [0, 0.05) is 17.9 Å². The summed E-state index contributed by atoms with van der Waals surface area (Å²) in [6, 6.07) is 14.2. The molecule has 0 bridgehead atoms. The van der Waals surface area contributed by atoms with E-state index in [0.29, 0.717) is 28.1 Å². The van der Waals surface area contributed by atoms with E-state index in [4.69, 9.17) is 11.6 Å². The predicted molar refractivity (Wildman–Crippen MR) is 133 cm³/mol. The third-order valence-electron chi connectivity index (χ3n) is 6.07. The zero-order valence-electron chi connectivity index (χ0n) is 18.1. The molecular weight excluding hydrogens is 490 g/mol. The number of carbonyl (C=O) groups excluding carboxylic acids is 3. The van der Waals surface area contributed by atoms with Crippen LogP contribution in [0, 0.1) is 5.92 Å². The molecule has 1 saturated carbocycles. The standard InChI is InChI=1S/C25H22ClN3O3S2/c26-17-4-1-2-6-20(17)34-22-19(30)12-25(29-24(22)32,16-10-11-33-14-16)21-7-3-5-18(28-21)23(31)27-13-15-8-9-15/h1-7,10-11,14-15,22H,8-9,12-13H2,(H,27,31)(H,29,32). The van der Waals surface area contributed by atoms with Crippen LogP contribution in [-0.2, 0) is 15.1 Å². The summed E-state index contributed by atoms with van der Waals surface area (Å²) in [6.45, 7) is 0.636. The molecule has 2 N–H and O–H groups in total. The number of hydrogen-bond donors (Lipinski definition) is 2. The Kier molecular flexibility index (Phi) is 6.46. The normalized spacial score (nSPS) is 22.3. The Bertz CT molecular complexity index is 1230. The zero-order chi connectivity index (χ0) is 23.7. The van der Waals surface area contributed by atoms with Crippen LogP contribution in [0.15, 0.2) is 64.2 Å². The van der Waals surface area contributed by atoms with Crippen molar-refractivity contribution in [3.05, 3.63) is 81.3 Å². The van der Waals surface area contributed by atoms with Gasteiger partial charge in [0.2, 0.25) is 5.91 Å². The molecule has 3 heterocycles. The molecule has 2 fully saturated rings. The summed E-state index contributed by atoms with van der Waals surface area (Å²) in [4.78, 5) is 44.7. The number of halogens is 1. The van der Waals surface area contributed by atoms with Crippen molar-refractivity contribution >= 4 is 52.3 Å². The highest BCUT2D eigenvalue weighted by atomic mass is 35.5. The van der Waals surface area contributed by atoms with Crippen LogP contribution in [0.5, 0.6) is 0 Å². The Morgan fingerprint density at radius 1 is 1.18 bits per heavy atom. The Balaban J connectivity index is 1.45. The molecule has 6 nitrogen and oxygen atoms in total. The van der Waals surface area contributed by atoms with Crippen molar-refractivity contribution in [2.24, 2.45) is 5.92 Å². The highest BCUT2D eigenvalue weighted by Gasteiger charge is 2.48. The summed E-state index contributed by atoms with van der Waals surface area (Å²) in [5.74, 6) is -0.329. The summed E-state index contributed by atoms with van der Waals surface area (Å²) in [7, 11) is 0. The number of benzene rings is 1. The first kappa shape index (κ1) is 23.1. The number of ketones is 1. The minimum atomic E-state index is -1.14. The highest BCUT2D eigenvalue weighted by molar-refractivity contribution is 8.01. The molecule has 0 spiro atoms. The molecule has 34 heavy (non-hydrogen) atoms. The minimum Gasteiger partial charge on any atom is -0.350 e. The van der Waals surface area contributed by atoms with Crippen LogP contribution in [0.4, 0.5) is 0 Å². The first-order valence-electron chi connectivity index (χ1n) is 11.0. The monoisotopic (exact) mass is 511 g/mol. The van der Waals surface area contributed by atoms with Crippen LogP contribution in [-0.4, -0.2) is 34.4 Å². The van der Waals surface area contributed by atoms with E-state index in [0.717, 1.165) is 30.2 Å². The molecule has 174 valence electrons. The number of thioether (sulfide) groups is 1. The molecule has 1 aliphatic carbocycles. The Labute approximate surface area is 210 Å². The second kappa shape index (κ2) is 9.52. The van der Waals surface area contributed by atoms with Crippen molar-refractivity contribution in [2.45, 2.75) is 34.9 Å². The molecule has 5 rings (SSSR count). The van der Waals surface area contributed by atoms with Crippen molar-refractivity contribution in [3.8, 4) is 0 Å². The van der Waals surface area contributed by atoms with Crippen LogP contribution in [0.3, 0.4) is 0 Å². The van der Waals surface area contributed by atoms with Crippen molar-refractivity contribution in [2.75, 3.05) is 6.54 Å². The SMILES string of the molecule is O=C(NCC1CC1)c1cccc(C2(c3ccsc3)CC(=O)C(Sc3ccccc3Cl)C(=O)N2)n1. The van der Waals surface area contributed by atoms with Gasteiger partial charge in [-0.25, -0.2) is 4.98 Å². The highest BCUT2D eigenvalue weighted by Crippen LogP contribution is 2.41. The molecule has 2 amide bonds. The van der Waals surface area contributed by atoms with Crippen LogP contribution < -0.4 is 10.6 Å². The number of nitrogens with one attached hydrogen (secondary N) is 2. The van der Waals surface area contributed by atoms with Crippen LogP contribution in [0.2, 0.25) is 5.02 Å². The number of aromatic nitrogens is 1. The fourth-order valence-corrected chi connectivity index (χ4v) is 6.01. The Hall–Kier alpha value is -2.68. The third-order valence-corrected chi connectivity index (χ3v) is 8.52. The van der Waals surface area contributed by atoms with Gasteiger partial charge >= 0.3 is 0 Å². The number of rotatable bonds is 7. The van der Waals surface area contributed by atoms with E-state index in [1.165, 1.54) is 11.3 Å². The molecule has 3 aromatic rings. The number of Topliss-reactive ketones (excluding diaryl/α,β-unsaturated/α-hetero) is 1. The lowest BCUT2D eigenvalue weighted by atomic mass is 9.79. The summed E-state index contributed by atoms with van der Waals surface area (Å²) in [5, 5.41) is 9.38. The number of hydrogen-bond acceptors (Lipinski definition) is 6. The molecule has 2 aliphatic rings. The van der Waals surface area contributed by atoms with Gasteiger partial charge in [-0.2, -0.15) is 11.3 Å². The van der Waals surface area contributed by atoms with Gasteiger partial charge in [-0.15, -0.1) is 11.8 Å². The second-order valence-electron chi connectivity index (χ2n) is 8.54. The number of thiophene rings is 1. The van der Waals surface area contributed by atoms with Crippen molar-refractivity contribution < 1.29 is 14.4 Å². The Morgan fingerprint density at radius 2 is 2.00 bits per heavy atom. The smallest absolute Gasteiger partial charge is 0.269 e. The predicted octanol–water partition coefficient (Wildman–Crippen LogP) is 4.43. The van der Waals surface area contributed by atoms with Gasteiger partial charge in [-0.1, -0.05) is 29.8 Å². The first-order valence-corrected chi connectivity index (χ1v) is 13.2. The largest absolute Gasteiger partial charge is 0.350 e. The van der Waals surface area contributed by atoms with E-state index in [9.17, 15) is 14.4 Å². The molecular formula is C25H22ClN3O3S2. The number of pyridine rings is 1. The maximum absolute atomic E-state index is 13.4. The maximum Gasteiger partial charge on any atom is 0.269 e. The van der Waals surface area contributed by atoms with Crippen LogP contribution in [0.1, 0.15) is 41.0 Å². The lowest BCUT2D eigenvalue weighted by molar-refractivity contribution is -0.133. The molecule has 1 aliphatic heterocycles. The topological polar surface area (TPSA) is 88.2 Å². The molecule has 2 unspecified atom stereocenters. The van der Waals surface area contributed by atoms with E-state index in [2.05, 4.69) is 15.6 Å². The Morgan fingerprint density at radius 3 is 2.71 bits per heavy atom. The maximum atomic E-state index is 13.4. The van der Waals surface area contributed by atoms with Crippen LogP contribution in [0.25, 0.3) is 0 Å². The zero-order valence-corrected chi connectivity index (χ0v) is 20.5. The van der Waals surface area contributed by atoms with E-state index < -0.39 is 16.7 Å². The number of nitrogens with zero attached hydrogens (tertiary/aromatic N) is 1. The summed E-state index contributed by atoms with van der Waals surface area (Å²) in [5.41, 5.74) is 0.358. The van der Waals surface area contributed by atoms with Gasteiger partial charge in [0.1, 0.15) is 16.5 Å². The van der Waals surface area contributed by atoms with Crippen molar-refractivity contribution in [1.29, 1.82) is 0 Å². The van der Waals surface area contributed by atoms with Gasteiger partial charge < -0.3 is 10.6 Å². The quantitative estimate of drug-likeness (QED) is 0.458. The van der Waals surface area contributed by atoms with Crippen molar-refractivity contribution in [1.82, 2.24) is 15.6 Å². The average molecular weight is 512 g/mol. The molecule has 0 radical (unpaired) electrons. The molecule has 2 atom stereocenters. The fourth-order valence-electron chi connectivity index (χ4n) is 4.04. The molecule has 1 saturated heterocycles. The summed E-state index contributed by atoms with van der Waals surface area (Å²) >= 11 is 8.88. The summed E-state index contributed by atoms with van der Waals surface area (Å²) < 4.78 is 0. The van der Waals surface area contributed by atoms with Gasteiger partial charge in [0.05, 0.1) is 10.7 Å². The molecule has 9 heteroatoms. The molecule has 2 aromatic heterocycles. The van der Waals surface area contributed by atoms with Gasteiger partial charge in [-0.3, -0.25) is 14.4 Å². The first-order chi connectivity index (χ1) is 16.5. The second-order valence-corrected chi connectivity index (χ2v) is 10.9. The van der Waals surface area contributed by atoms with E-state index in [1.807, 2.05) is 22.9 Å². The lowest BCUT2D eigenvalue weighted by Crippen LogP contribution is -2.58. The van der Waals surface area contributed by atoms with E-state index >= 15 is 0 Å². The fraction of sp³-hybridized carbons (Fsp3) is 0.280. The van der Waals surface area contributed by atoms with Gasteiger partial charge in [0.15, 0.2) is 5.78 Å². The lowest BCUT2D eigenvalue weighted by Gasteiger charge is -2.39. The van der Waals surface area contributed by atoms with Crippen LogP contribution >= 0.6 is 34.7 Å². The minimum absolute atomic E-state index is 0.0255. The van der Waals surface area contributed by atoms with Crippen molar-refractivity contribution in [3.63, 3.8) is 0 Å². The molecule has 1 aromatic carbocycles. The van der Waals surface area contributed by atoms with E-state index in [-0.39, 0.29) is 23.8 Å². The third kappa shape index (κ3) is 4.62. The van der Waals surface area contributed by atoms with Gasteiger partial charge in [0.25, 0.3) is 5.91 Å². The number of amides is 2. The van der Waals surface area contributed by atoms with Gasteiger partial charge in [-0.05, 0) is 65.4 Å². The van der Waals surface area contributed by atoms with E-state index in [1.54, 1.807) is 36.4 Å². The summed E-state index contributed by atoms with van der Waals surface area (Å²) in [6.07, 6.45) is 2.30. The number of piperidine rings is 1. The average Bonchev–Trinajstić information content (AvgIpc) is 3.50.